The van der Waals surface area contributed by atoms with Crippen LogP contribution in [-0.4, -0.2) is 12.2 Å². The predicted octanol–water partition coefficient (Wildman–Crippen LogP) is 12.3. The first-order valence-corrected chi connectivity index (χ1v) is 18.2. The molecular formula is C36H73NO2. The molecule has 0 aliphatic heterocycles. The number of ether oxygens (including phenoxy) is 1. The Morgan fingerprint density at radius 1 is 0.436 bits per heavy atom. The Hall–Kier alpha value is -0.570. The van der Waals surface area contributed by atoms with Crippen molar-refractivity contribution >= 4 is 5.97 Å². The molecule has 0 aliphatic carbocycles. The van der Waals surface area contributed by atoms with Gasteiger partial charge in [0.1, 0.15) is 0 Å². The molecule has 0 aromatic carbocycles. The minimum atomic E-state index is -0.407. The molecule has 0 aliphatic rings. The third kappa shape index (κ3) is 33.5. The Labute approximate surface area is 246 Å². The lowest BCUT2D eigenvalue weighted by Gasteiger charge is -2.13. The third-order valence-corrected chi connectivity index (χ3v) is 8.36. The first kappa shape index (κ1) is 38.4. The van der Waals surface area contributed by atoms with Gasteiger partial charge in [0.2, 0.25) is 0 Å². The lowest BCUT2D eigenvalue weighted by Crippen LogP contribution is -2.26. The van der Waals surface area contributed by atoms with Gasteiger partial charge in [-0.05, 0) is 19.3 Å². The van der Waals surface area contributed by atoms with Crippen LogP contribution < -0.4 is 5.73 Å². The minimum Gasteiger partial charge on any atom is -0.447 e. The van der Waals surface area contributed by atoms with Crippen LogP contribution in [0.4, 0.5) is 0 Å². The van der Waals surface area contributed by atoms with Gasteiger partial charge in [0.25, 0.3) is 0 Å². The first-order chi connectivity index (χ1) is 19.2. The van der Waals surface area contributed by atoms with Gasteiger partial charge in [-0.15, -0.1) is 0 Å². The van der Waals surface area contributed by atoms with Crippen molar-refractivity contribution in [3.8, 4) is 0 Å². The molecule has 0 radical (unpaired) electrons. The highest BCUT2D eigenvalue weighted by Gasteiger charge is 2.09. The zero-order chi connectivity index (χ0) is 28.5. The summed E-state index contributed by atoms with van der Waals surface area (Å²) in [5, 5.41) is 0. The molecule has 1 unspecified atom stereocenters. The molecule has 234 valence electrons. The van der Waals surface area contributed by atoms with E-state index in [1.54, 1.807) is 0 Å². The summed E-state index contributed by atoms with van der Waals surface area (Å²) in [7, 11) is 0. The summed E-state index contributed by atoms with van der Waals surface area (Å²) < 4.78 is 5.43. The fraction of sp³-hybridized carbons (Fsp3) is 0.972. The quantitative estimate of drug-likeness (QED) is 0.0501. The molecule has 0 heterocycles. The van der Waals surface area contributed by atoms with Crippen LogP contribution in [0.15, 0.2) is 0 Å². The van der Waals surface area contributed by atoms with Crippen molar-refractivity contribution in [1.29, 1.82) is 0 Å². The molecule has 0 amide bonds. The number of hydrogen-bond donors (Lipinski definition) is 1. The van der Waals surface area contributed by atoms with Crippen LogP contribution in [0.25, 0.3) is 0 Å². The molecular weight excluding hydrogens is 478 g/mol. The van der Waals surface area contributed by atoms with E-state index in [-0.39, 0.29) is 5.97 Å². The Balaban J connectivity index is 3.27. The summed E-state index contributed by atoms with van der Waals surface area (Å²) in [6.07, 6.45) is 41.5. The van der Waals surface area contributed by atoms with Crippen LogP contribution in [0.5, 0.6) is 0 Å². The van der Waals surface area contributed by atoms with Crippen molar-refractivity contribution in [3.05, 3.63) is 0 Å². The van der Waals surface area contributed by atoms with Crippen molar-refractivity contribution in [3.63, 3.8) is 0 Å². The lowest BCUT2D eigenvalue weighted by atomic mass is 10.0. The summed E-state index contributed by atoms with van der Waals surface area (Å²) in [6, 6.07) is 0. The molecule has 0 aromatic rings. The van der Waals surface area contributed by atoms with Gasteiger partial charge in [-0.25, -0.2) is 0 Å². The first-order valence-electron chi connectivity index (χ1n) is 18.2. The molecule has 1 atom stereocenters. The highest BCUT2D eigenvalue weighted by molar-refractivity contribution is 5.69. The van der Waals surface area contributed by atoms with Gasteiger partial charge in [-0.1, -0.05) is 194 Å². The van der Waals surface area contributed by atoms with E-state index in [0.717, 1.165) is 25.7 Å². The van der Waals surface area contributed by atoms with Crippen molar-refractivity contribution in [2.75, 3.05) is 0 Å². The highest BCUT2D eigenvalue weighted by Crippen LogP contribution is 2.16. The van der Waals surface area contributed by atoms with Crippen molar-refractivity contribution in [2.45, 2.75) is 226 Å². The maximum atomic E-state index is 12.0. The van der Waals surface area contributed by atoms with Crippen molar-refractivity contribution in [1.82, 2.24) is 0 Å². The second kappa shape index (κ2) is 33.6. The molecule has 0 bridgehead atoms. The normalized spacial score (nSPS) is 12.2. The monoisotopic (exact) mass is 552 g/mol. The average Bonchev–Trinajstić information content (AvgIpc) is 2.93. The minimum absolute atomic E-state index is 0.0989. The van der Waals surface area contributed by atoms with Crippen LogP contribution in [0, 0.1) is 0 Å². The van der Waals surface area contributed by atoms with E-state index in [1.807, 2.05) is 0 Å². The molecule has 2 N–H and O–H groups in total. The number of rotatable bonds is 33. The van der Waals surface area contributed by atoms with Gasteiger partial charge in [0.05, 0.1) is 0 Å². The Morgan fingerprint density at radius 3 is 1.00 bits per heavy atom. The molecule has 0 spiro atoms. The Morgan fingerprint density at radius 2 is 0.692 bits per heavy atom. The zero-order valence-electron chi connectivity index (χ0n) is 27.1. The van der Waals surface area contributed by atoms with Crippen LogP contribution >= 0.6 is 0 Å². The fourth-order valence-electron chi connectivity index (χ4n) is 5.64. The number of carbonyl (C=O) groups is 1. The van der Waals surface area contributed by atoms with Gasteiger partial charge in [0, 0.05) is 6.42 Å². The summed E-state index contributed by atoms with van der Waals surface area (Å²) >= 11 is 0. The van der Waals surface area contributed by atoms with Gasteiger partial charge in [0.15, 0.2) is 6.23 Å². The molecule has 39 heavy (non-hydrogen) atoms. The molecule has 0 aromatic heterocycles. The van der Waals surface area contributed by atoms with Crippen LogP contribution in [0.1, 0.15) is 219 Å². The summed E-state index contributed by atoms with van der Waals surface area (Å²) in [6.45, 7) is 4.57. The maximum Gasteiger partial charge on any atom is 0.307 e. The number of hydrogen-bond acceptors (Lipinski definition) is 3. The van der Waals surface area contributed by atoms with E-state index in [2.05, 4.69) is 13.8 Å². The second-order valence-electron chi connectivity index (χ2n) is 12.5. The second-order valence-corrected chi connectivity index (χ2v) is 12.5. The van der Waals surface area contributed by atoms with Crippen molar-refractivity contribution < 1.29 is 9.53 Å². The molecule has 3 heteroatoms. The molecule has 0 saturated carbocycles. The van der Waals surface area contributed by atoms with E-state index in [1.165, 1.54) is 173 Å². The predicted molar refractivity (Wildman–Crippen MR) is 173 cm³/mol. The van der Waals surface area contributed by atoms with E-state index < -0.39 is 6.23 Å². The number of nitrogens with two attached hydrogens (primary N) is 1. The highest BCUT2D eigenvalue weighted by atomic mass is 16.6. The van der Waals surface area contributed by atoms with Gasteiger partial charge >= 0.3 is 5.97 Å². The SMILES string of the molecule is CCCCCCCCCCCCCCCCCC(=O)OC(N)CCCCCCCCCCCCCCCCC. The van der Waals surface area contributed by atoms with Crippen LogP contribution in [0.3, 0.4) is 0 Å². The standard InChI is InChI=1S/C36H73NO2/c1-3-5-7-9-11-13-15-17-19-21-23-25-27-29-31-33-35(37)39-36(38)34-32-30-28-26-24-22-20-18-16-14-12-10-8-6-4-2/h35H,3-34,37H2,1-2H3. The van der Waals surface area contributed by atoms with Gasteiger partial charge < -0.3 is 4.74 Å². The number of esters is 1. The van der Waals surface area contributed by atoms with Crippen LogP contribution in [-0.2, 0) is 9.53 Å². The van der Waals surface area contributed by atoms with E-state index in [0.29, 0.717) is 6.42 Å². The van der Waals surface area contributed by atoms with Gasteiger partial charge in [-0.3, -0.25) is 10.5 Å². The average molecular weight is 552 g/mol. The maximum absolute atomic E-state index is 12.0. The van der Waals surface area contributed by atoms with E-state index >= 15 is 0 Å². The molecule has 0 saturated heterocycles. The zero-order valence-corrected chi connectivity index (χ0v) is 27.1. The lowest BCUT2D eigenvalue weighted by molar-refractivity contribution is -0.149. The Bertz CT molecular complexity index is 467. The Kier molecular flexibility index (Phi) is 33.1. The largest absolute Gasteiger partial charge is 0.447 e. The number of unbranched alkanes of at least 4 members (excludes halogenated alkanes) is 28. The fourth-order valence-corrected chi connectivity index (χ4v) is 5.64. The third-order valence-electron chi connectivity index (χ3n) is 8.36. The van der Waals surface area contributed by atoms with Crippen molar-refractivity contribution in [2.24, 2.45) is 5.73 Å². The summed E-state index contributed by atoms with van der Waals surface area (Å²) in [5.74, 6) is -0.0989. The molecule has 3 nitrogen and oxygen atoms in total. The van der Waals surface area contributed by atoms with E-state index in [9.17, 15) is 4.79 Å². The topological polar surface area (TPSA) is 52.3 Å². The number of carbonyl (C=O) groups excluding carboxylic acids is 1. The van der Waals surface area contributed by atoms with Gasteiger partial charge in [-0.2, -0.15) is 0 Å². The summed E-state index contributed by atoms with van der Waals surface area (Å²) in [4.78, 5) is 12.0. The molecule has 0 fully saturated rings. The van der Waals surface area contributed by atoms with Crippen LogP contribution in [0.2, 0.25) is 0 Å². The smallest absolute Gasteiger partial charge is 0.307 e. The molecule has 0 rings (SSSR count). The van der Waals surface area contributed by atoms with E-state index in [4.69, 9.17) is 10.5 Å². The summed E-state index contributed by atoms with van der Waals surface area (Å²) in [5.41, 5.74) is 6.04.